The third-order valence-corrected chi connectivity index (χ3v) is 18.8. The maximum absolute atomic E-state index is 14.4. The number of carboxylic acid groups (broad SMARTS) is 1. The van der Waals surface area contributed by atoms with E-state index in [0.29, 0.717) is 6.42 Å². The smallest absolute Gasteiger partial charge is 0.322 e. The van der Waals surface area contributed by atoms with Gasteiger partial charge in [0.2, 0.25) is 100 Å². The molecule has 1 fully saturated rings. The summed E-state index contributed by atoms with van der Waals surface area (Å²) >= 11 is 0. The lowest BCUT2D eigenvalue weighted by molar-refractivity contribution is -0.140. The summed E-state index contributed by atoms with van der Waals surface area (Å²) in [6.45, 7) is 22.3. The van der Waals surface area contributed by atoms with Crippen LogP contribution in [0.15, 0.2) is 35.3 Å². The van der Waals surface area contributed by atoms with E-state index in [2.05, 4.69) is 79.4 Å². The minimum atomic E-state index is -1.82. The molecule has 0 aromatic heterocycles. The number of hydrogen-bond donors (Lipinski definition) is 21. The Balaban J connectivity index is 2.32. The first kappa shape index (κ1) is 103. The second-order valence-electron chi connectivity index (χ2n) is 32.0. The Morgan fingerprint density at radius 1 is 0.441 bits per heavy atom. The summed E-state index contributed by atoms with van der Waals surface area (Å²) < 4.78 is 0. The first-order valence-corrected chi connectivity index (χ1v) is 39.9. The van der Waals surface area contributed by atoms with Gasteiger partial charge in [-0.2, -0.15) is 0 Å². The molecule has 41 heteroatoms. The monoisotopic (exact) mass is 1670 g/mol. The molecule has 0 aliphatic carbocycles. The van der Waals surface area contributed by atoms with Gasteiger partial charge in [0.15, 0.2) is 5.96 Å². The van der Waals surface area contributed by atoms with Crippen LogP contribution in [-0.4, -0.2) is 244 Å². The van der Waals surface area contributed by atoms with Crippen LogP contribution in [0.25, 0.3) is 0 Å². The molecule has 26 N–H and O–H groups in total. The molecular weight excluding hydrogens is 1540 g/mol. The Hall–Kier alpha value is -11.1. The van der Waals surface area contributed by atoms with E-state index < -0.39 is 234 Å². The Labute approximate surface area is 688 Å². The number of nitrogens with one attached hydrogen (secondary N) is 14. The Bertz CT molecular complexity index is 3650. The van der Waals surface area contributed by atoms with E-state index in [1.165, 1.54) is 18.7 Å². The van der Waals surface area contributed by atoms with E-state index in [1.54, 1.807) is 95.2 Å². The first-order valence-electron chi connectivity index (χ1n) is 39.9. The lowest BCUT2D eigenvalue weighted by Crippen LogP contribution is -2.62. The third-order valence-electron chi connectivity index (χ3n) is 18.8. The summed E-state index contributed by atoms with van der Waals surface area (Å²) in [5.74, 6) is -19.2. The summed E-state index contributed by atoms with van der Waals surface area (Å²) in [7, 11) is 0. The number of benzene rings is 1. The first-order chi connectivity index (χ1) is 55.0. The molecule has 0 unspecified atom stereocenters. The van der Waals surface area contributed by atoms with Gasteiger partial charge >= 0.3 is 5.97 Å². The van der Waals surface area contributed by atoms with Crippen LogP contribution in [0.5, 0.6) is 0 Å². The number of nitrogens with two attached hydrogens (primary N) is 5. The lowest BCUT2D eigenvalue weighted by Gasteiger charge is -2.30. The van der Waals surface area contributed by atoms with Crippen molar-refractivity contribution in [3.05, 3.63) is 35.9 Å². The van der Waals surface area contributed by atoms with Gasteiger partial charge in [0, 0.05) is 25.9 Å². The molecule has 1 aromatic rings. The number of hydrogen-bond acceptors (Lipinski definition) is 21. The fourth-order valence-electron chi connectivity index (χ4n) is 12.4. The summed E-state index contributed by atoms with van der Waals surface area (Å²) in [5, 5.41) is 55.0. The number of aliphatic carboxylic acids is 1. The quantitative estimate of drug-likeness (QED) is 0.0165. The molecule has 1 aliphatic heterocycles. The van der Waals surface area contributed by atoms with Crippen molar-refractivity contribution in [1.82, 2.24) is 79.3 Å². The van der Waals surface area contributed by atoms with Crippen LogP contribution in [0.4, 0.5) is 0 Å². The van der Waals surface area contributed by atoms with Gasteiger partial charge in [0.25, 0.3) is 0 Å². The third kappa shape index (κ3) is 37.4. The van der Waals surface area contributed by atoms with E-state index in [4.69, 9.17) is 33.8 Å². The van der Waals surface area contributed by atoms with E-state index in [9.17, 15) is 91.4 Å². The van der Waals surface area contributed by atoms with Gasteiger partial charge in [-0.3, -0.25) is 91.3 Å². The van der Waals surface area contributed by atoms with Crippen LogP contribution in [0.1, 0.15) is 180 Å². The highest BCUT2D eigenvalue weighted by molar-refractivity contribution is 6.01. The minimum Gasteiger partial charge on any atom is -0.480 e. The molecule has 17 amide bonds. The predicted molar refractivity (Wildman–Crippen MR) is 432 cm³/mol. The van der Waals surface area contributed by atoms with E-state index in [1.807, 2.05) is 18.2 Å². The molecule has 0 radical (unpaired) electrons. The zero-order valence-electron chi connectivity index (χ0n) is 70.3. The van der Waals surface area contributed by atoms with Crippen molar-refractivity contribution < 1.29 is 96.5 Å². The van der Waals surface area contributed by atoms with Crippen LogP contribution in [0, 0.1) is 35.5 Å². The normalized spacial score (nSPS) is 16.2. The molecule has 1 aliphatic rings. The van der Waals surface area contributed by atoms with Crippen LogP contribution in [0.3, 0.4) is 0 Å². The SMILES string of the molecule is CC(C)C[C@H](NC(=O)[C@H](C)NC(=O)[C@@H](NC(=O)[C@H](CCCN=C(N)N)NC(=O)CNC(=O)[C@@H](NC(=O)[C@H](CCC(N)=O)NC(=O)[C@@H]1CCCN1C(=O)[C@@H](N)Cc1ccccc1)C(C)C)[C@@H](C)O)C(=O)N[C@H](C(=O)N[C@@H](CC(C)C)C(=O)N[C@@H](CCC(N)=O)C(=O)N[C@@H](CC(C)C)C(=O)N[C@H](C(=O)N[C@@H](C)C(=O)NCC(=O)O)C(C)C)C(C)C. The summed E-state index contributed by atoms with van der Waals surface area (Å²) in [6, 6.07) is -10.2. The predicted octanol–water partition coefficient (Wildman–Crippen LogP) is -5.21. The largest absolute Gasteiger partial charge is 0.480 e. The second kappa shape index (κ2) is 51.2. The van der Waals surface area contributed by atoms with Gasteiger partial charge in [-0.05, 0) is 126 Å². The number of likely N-dealkylation sites (tertiary alicyclic amines) is 1. The van der Waals surface area contributed by atoms with Gasteiger partial charge in [-0.15, -0.1) is 0 Å². The average Bonchev–Trinajstić information content (AvgIpc) is 1.46. The molecule has 41 nitrogen and oxygen atoms in total. The van der Waals surface area contributed by atoms with Gasteiger partial charge in [0.1, 0.15) is 85.1 Å². The fraction of sp³-hybridized carbons (Fsp3) is 0.675. The van der Waals surface area contributed by atoms with Gasteiger partial charge in [0.05, 0.1) is 18.7 Å². The maximum atomic E-state index is 14.4. The number of carboxylic acids is 1. The average molecular weight is 1670 g/mol. The topological polar surface area (TPSA) is 662 Å². The van der Waals surface area contributed by atoms with Crippen molar-refractivity contribution in [3.8, 4) is 0 Å². The second-order valence-corrected chi connectivity index (χ2v) is 32.0. The van der Waals surface area contributed by atoms with Crippen molar-refractivity contribution in [2.75, 3.05) is 26.2 Å². The molecule has 662 valence electrons. The Morgan fingerprint density at radius 3 is 1.27 bits per heavy atom. The number of guanidine groups is 1. The number of carbonyl (C=O) groups excluding carboxylic acids is 17. The number of carbonyl (C=O) groups is 18. The minimum absolute atomic E-state index is 0.00539. The zero-order chi connectivity index (χ0) is 89.7. The highest BCUT2D eigenvalue weighted by atomic mass is 16.4. The van der Waals surface area contributed by atoms with Gasteiger partial charge in [-0.25, -0.2) is 0 Å². The number of nitrogens with zero attached hydrogens (tertiary/aromatic N) is 2. The van der Waals surface area contributed by atoms with Gasteiger partial charge < -0.3 is 118 Å². The number of aliphatic hydroxyl groups is 1. The molecule has 0 bridgehead atoms. The van der Waals surface area contributed by atoms with E-state index >= 15 is 0 Å². The number of rotatable bonds is 52. The molecular formula is C77H129N21O20. The van der Waals surface area contributed by atoms with Crippen molar-refractivity contribution >= 4 is 112 Å². The molecule has 0 saturated carbocycles. The molecule has 1 heterocycles. The fourth-order valence-corrected chi connectivity index (χ4v) is 12.4. The van der Waals surface area contributed by atoms with Crippen LogP contribution < -0.4 is 103 Å². The van der Waals surface area contributed by atoms with Crippen LogP contribution >= 0.6 is 0 Å². The lowest BCUT2D eigenvalue weighted by atomic mass is 9.98. The van der Waals surface area contributed by atoms with Crippen molar-refractivity contribution in [1.29, 1.82) is 0 Å². The summed E-state index contributed by atoms with van der Waals surface area (Å²) in [6.07, 6.45) is -2.54. The number of aliphatic hydroxyl groups excluding tert-OH is 1. The van der Waals surface area contributed by atoms with Crippen LogP contribution in [-0.2, 0) is 92.7 Å². The maximum Gasteiger partial charge on any atom is 0.322 e. The van der Waals surface area contributed by atoms with Crippen molar-refractivity contribution in [2.24, 2.45) is 69.2 Å². The van der Waals surface area contributed by atoms with Crippen molar-refractivity contribution in [2.45, 2.75) is 272 Å². The summed E-state index contributed by atoms with van der Waals surface area (Å²) in [5.41, 5.74) is 29.1. The number of amides is 17. The van der Waals surface area contributed by atoms with Crippen molar-refractivity contribution in [3.63, 3.8) is 0 Å². The Morgan fingerprint density at radius 2 is 0.822 bits per heavy atom. The molecule has 1 aromatic carbocycles. The van der Waals surface area contributed by atoms with Crippen LogP contribution in [0.2, 0.25) is 0 Å². The Kier molecular flexibility index (Phi) is 44.6. The molecule has 118 heavy (non-hydrogen) atoms. The van der Waals surface area contributed by atoms with E-state index in [-0.39, 0.29) is 101 Å². The summed E-state index contributed by atoms with van der Waals surface area (Å²) in [4.78, 5) is 249. The highest BCUT2D eigenvalue weighted by Crippen LogP contribution is 2.21. The van der Waals surface area contributed by atoms with E-state index in [0.717, 1.165) is 12.5 Å². The molecule has 0 spiro atoms. The number of aliphatic imine (C=N–C) groups is 1. The molecule has 2 rings (SSSR count). The molecule has 1 saturated heterocycles. The number of primary amides is 2. The zero-order valence-corrected chi connectivity index (χ0v) is 70.3. The van der Waals surface area contributed by atoms with Gasteiger partial charge in [-0.1, -0.05) is 113 Å². The highest BCUT2D eigenvalue weighted by Gasteiger charge is 2.41. The standard InChI is InChI=1S/C77H129N21O20/c1-37(2)31-51(68(110)89-49(25-27-55(79)100)65(107)92-53(33-39(5)6)70(112)95-60(41(9)10)73(115)86-43(13)63(105)85-36-58(103)104)93-74(116)61(42(11)12)96-69(111)52(32-38(3)4)91-64(106)44(14)87-75(117)62(45(15)99)97-66(108)48(23-19-29-83-77(81)82)88-57(102)35-84-72(114)59(40(7)8)94-67(109)50(26-28-56(80)101)90-71(113)54-24-20-30-98(54)76(118)47(78)34-46-21-17-16-18-22-46/h16-18,21-22,37-45,47-54,59-62,99H,19-20,23-36,78H2,1-15H3,(H2,79,100)(H2,80,101)(H,84,114)(H,85,105)(H,86,115)(H,87,117)(H,88,102)(H,89,110)(H,90,113)(H,91,106)(H,92,107)(H,93,116)(H,94,109)(H,95,112)(H,96,111)(H,97,108)(H,103,104)(H4,81,82,83)/t43-,44-,45+,47-,48-,49-,50-,51-,52-,53-,54-,59-,60-,61-,62-/m0/s1. The molecule has 15 atom stereocenters.